The highest BCUT2D eigenvalue weighted by Crippen LogP contribution is 2.37. The van der Waals surface area contributed by atoms with Crippen LogP contribution in [-0.2, 0) is 24.2 Å². The highest BCUT2D eigenvalue weighted by molar-refractivity contribution is 7.99. The van der Waals surface area contributed by atoms with Crippen molar-refractivity contribution in [2.45, 2.75) is 51.4 Å². The van der Waals surface area contributed by atoms with Gasteiger partial charge in [0.1, 0.15) is 16.8 Å². The second kappa shape index (κ2) is 9.54. The van der Waals surface area contributed by atoms with Crippen LogP contribution in [0.5, 0.6) is 5.75 Å². The zero-order chi connectivity index (χ0) is 21.8. The summed E-state index contributed by atoms with van der Waals surface area (Å²) in [4.78, 5) is 13.6. The number of carbonyl (C=O) groups excluding carboxylic acids is 1. The van der Waals surface area contributed by atoms with Gasteiger partial charge in [0.15, 0.2) is 6.61 Å². The molecule has 0 atom stereocenters. The summed E-state index contributed by atoms with van der Waals surface area (Å²) >= 11 is 2.67. The van der Waals surface area contributed by atoms with Crippen molar-refractivity contribution in [1.29, 1.82) is 5.26 Å². The Labute approximate surface area is 188 Å². The maximum atomic E-state index is 12.4. The van der Waals surface area contributed by atoms with Crippen molar-refractivity contribution >= 4 is 34.0 Å². The van der Waals surface area contributed by atoms with E-state index >= 15 is 0 Å². The highest BCUT2D eigenvalue weighted by Gasteiger charge is 2.22. The minimum absolute atomic E-state index is 0.118. The van der Waals surface area contributed by atoms with E-state index < -0.39 is 0 Å². The highest BCUT2D eigenvalue weighted by atomic mass is 32.2. The van der Waals surface area contributed by atoms with E-state index in [0.717, 1.165) is 59.9 Å². The Morgan fingerprint density at radius 2 is 2.06 bits per heavy atom. The number of aromatic nitrogens is 2. The van der Waals surface area contributed by atoms with Crippen LogP contribution in [0.1, 0.15) is 45.9 Å². The van der Waals surface area contributed by atoms with Gasteiger partial charge in [0, 0.05) is 4.88 Å². The SMILES string of the molecule is Cc1cccc(C)c1OCc1nnc(SCC(=O)Nc2sc3c(c2C#N)CCCC3)o1. The summed E-state index contributed by atoms with van der Waals surface area (Å²) in [7, 11) is 0. The van der Waals surface area contributed by atoms with Gasteiger partial charge in [-0.25, -0.2) is 0 Å². The fourth-order valence-electron chi connectivity index (χ4n) is 3.58. The number of nitrogens with zero attached hydrogens (tertiary/aromatic N) is 3. The Bertz CT molecular complexity index is 1130. The van der Waals surface area contributed by atoms with Gasteiger partial charge in [0.25, 0.3) is 11.1 Å². The number of nitriles is 1. The topological polar surface area (TPSA) is 101 Å². The van der Waals surface area contributed by atoms with Gasteiger partial charge in [0.2, 0.25) is 5.91 Å². The van der Waals surface area contributed by atoms with Crippen LogP contribution in [0.25, 0.3) is 0 Å². The van der Waals surface area contributed by atoms with Gasteiger partial charge in [-0.1, -0.05) is 30.0 Å². The van der Waals surface area contributed by atoms with Crippen molar-refractivity contribution in [1.82, 2.24) is 10.2 Å². The predicted molar refractivity (Wildman–Crippen MR) is 120 cm³/mol. The minimum Gasteiger partial charge on any atom is -0.483 e. The molecule has 31 heavy (non-hydrogen) atoms. The number of rotatable bonds is 7. The number of hydrogen-bond acceptors (Lipinski definition) is 8. The molecular formula is C22H22N4O3S2. The molecule has 160 valence electrons. The second-order valence-corrected chi connectivity index (χ2v) is 9.37. The molecular weight excluding hydrogens is 432 g/mol. The molecule has 9 heteroatoms. The molecule has 0 fully saturated rings. The van der Waals surface area contributed by atoms with Crippen molar-refractivity contribution in [2.75, 3.05) is 11.1 Å². The first-order chi connectivity index (χ1) is 15.0. The summed E-state index contributed by atoms with van der Waals surface area (Å²) in [5.41, 5.74) is 3.80. The fraction of sp³-hybridized carbons (Fsp3) is 0.364. The molecule has 1 N–H and O–H groups in total. The van der Waals surface area contributed by atoms with E-state index in [4.69, 9.17) is 9.15 Å². The van der Waals surface area contributed by atoms with Crippen LogP contribution in [0.3, 0.4) is 0 Å². The largest absolute Gasteiger partial charge is 0.483 e. The Hall–Kier alpha value is -2.83. The van der Waals surface area contributed by atoms with E-state index in [1.807, 2.05) is 32.0 Å². The summed E-state index contributed by atoms with van der Waals surface area (Å²) in [6.07, 6.45) is 4.12. The first-order valence-electron chi connectivity index (χ1n) is 10.0. The Kier molecular flexibility index (Phi) is 6.59. The zero-order valence-electron chi connectivity index (χ0n) is 17.4. The van der Waals surface area contributed by atoms with Gasteiger partial charge in [-0.3, -0.25) is 4.79 Å². The van der Waals surface area contributed by atoms with Gasteiger partial charge >= 0.3 is 0 Å². The Balaban J connectivity index is 1.31. The number of carbonyl (C=O) groups is 1. The molecule has 1 amide bonds. The molecule has 0 radical (unpaired) electrons. The van der Waals surface area contributed by atoms with Gasteiger partial charge < -0.3 is 14.5 Å². The molecule has 0 bridgehead atoms. The fourth-order valence-corrected chi connectivity index (χ4v) is 5.41. The van der Waals surface area contributed by atoms with E-state index in [0.29, 0.717) is 21.7 Å². The number of thiophene rings is 1. The number of benzene rings is 1. The molecule has 7 nitrogen and oxygen atoms in total. The van der Waals surface area contributed by atoms with Crippen LogP contribution < -0.4 is 10.1 Å². The van der Waals surface area contributed by atoms with Gasteiger partial charge in [0.05, 0.1) is 11.3 Å². The van der Waals surface area contributed by atoms with Crippen LogP contribution in [0.15, 0.2) is 27.8 Å². The molecule has 1 aromatic carbocycles. The monoisotopic (exact) mass is 454 g/mol. The first kappa shape index (κ1) is 21.4. The summed E-state index contributed by atoms with van der Waals surface area (Å²) in [6.45, 7) is 4.13. The first-order valence-corrected chi connectivity index (χ1v) is 11.8. The molecule has 1 aliphatic carbocycles. The number of para-hydroxylation sites is 1. The molecule has 0 saturated heterocycles. The van der Waals surface area contributed by atoms with Crippen LogP contribution in [0.4, 0.5) is 5.00 Å². The number of hydrogen-bond donors (Lipinski definition) is 1. The number of thioether (sulfide) groups is 1. The van der Waals surface area contributed by atoms with Crippen molar-refractivity contribution in [3.8, 4) is 11.8 Å². The van der Waals surface area contributed by atoms with E-state index in [9.17, 15) is 10.1 Å². The minimum atomic E-state index is -0.202. The molecule has 3 aromatic rings. The van der Waals surface area contributed by atoms with Gasteiger partial charge in [-0.05, 0) is 56.2 Å². The second-order valence-electron chi connectivity index (χ2n) is 7.33. The van der Waals surface area contributed by atoms with Crippen LogP contribution in [0, 0.1) is 25.2 Å². The van der Waals surface area contributed by atoms with Crippen molar-refractivity contribution in [3.05, 3.63) is 51.2 Å². The molecule has 0 unspecified atom stereocenters. The lowest BCUT2D eigenvalue weighted by Crippen LogP contribution is -2.14. The van der Waals surface area contributed by atoms with Gasteiger partial charge in [-0.2, -0.15) is 5.26 Å². The van der Waals surface area contributed by atoms with Crippen molar-refractivity contribution in [2.24, 2.45) is 0 Å². The summed E-state index contributed by atoms with van der Waals surface area (Å²) < 4.78 is 11.4. The number of nitrogens with one attached hydrogen (secondary N) is 1. The van der Waals surface area contributed by atoms with Gasteiger partial charge in [-0.15, -0.1) is 21.5 Å². The third-order valence-corrected chi connectivity index (χ3v) is 7.09. The third kappa shape index (κ3) is 4.92. The maximum Gasteiger partial charge on any atom is 0.277 e. The van der Waals surface area contributed by atoms with E-state index in [1.165, 1.54) is 16.2 Å². The molecule has 1 aliphatic rings. The Morgan fingerprint density at radius 1 is 1.29 bits per heavy atom. The van der Waals surface area contributed by atoms with E-state index in [1.54, 1.807) is 0 Å². The van der Waals surface area contributed by atoms with Crippen LogP contribution in [0.2, 0.25) is 0 Å². The average Bonchev–Trinajstić information content (AvgIpc) is 3.35. The summed E-state index contributed by atoms with van der Waals surface area (Å²) in [5.74, 6) is 1.07. The quantitative estimate of drug-likeness (QED) is 0.511. The van der Waals surface area contributed by atoms with Crippen molar-refractivity contribution < 1.29 is 13.9 Å². The standard InChI is InChI=1S/C22H22N4O3S2/c1-13-6-5-7-14(2)20(13)28-11-19-25-26-22(29-19)30-12-18(27)24-21-16(10-23)15-8-3-4-9-17(15)31-21/h5-7H,3-4,8-9,11-12H2,1-2H3,(H,24,27). The number of amides is 1. The smallest absolute Gasteiger partial charge is 0.277 e. The molecule has 2 heterocycles. The van der Waals surface area contributed by atoms with E-state index in [2.05, 4.69) is 21.6 Å². The third-order valence-electron chi connectivity index (χ3n) is 5.06. The molecule has 0 saturated carbocycles. The lowest BCUT2D eigenvalue weighted by Gasteiger charge is -2.09. The lowest BCUT2D eigenvalue weighted by atomic mass is 9.96. The average molecular weight is 455 g/mol. The zero-order valence-corrected chi connectivity index (χ0v) is 19.0. The van der Waals surface area contributed by atoms with E-state index in [-0.39, 0.29) is 18.3 Å². The lowest BCUT2D eigenvalue weighted by molar-refractivity contribution is -0.113. The normalized spacial score (nSPS) is 12.8. The predicted octanol–water partition coefficient (Wildman–Crippen LogP) is 4.81. The van der Waals surface area contributed by atoms with Crippen molar-refractivity contribution in [3.63, 3.8) is 0 Å². The number of fused-ring (bicyclic) bond motifs is 1. The number of anilines is 1. The Morgan fingerprint density at radius 3 is 2.84 bits per heavy atom. The molecule has 0 aliphatic heterocycles. The number of aryl methyl sites for hydroxylation is 3. The summed E-state index contributed by atoms with van der Waals surface area (Å²) in [5, 5.41) is 21.3. The van der Waals surface area contributed by atoms with Crippen LogP contribution >= 0.6 is 23.1 Å². The summed E-state index contributed by atoms with van der Waals surface area (Å²) in [6, 6.07) is 8.20. The maximum absolute atomic E-state index is 12.4. The number of ether oxygens (including phenoxy) is 1. The van der Waals surface area contributed by atoms with Crippen LogP contribution in [-0.4, -0.2) is 21.9 Å². The molecule has 0 spiro atoms. The molecule has 2 aromatic heterocycles. The molecule has 4 rings (SSSR count).